The van der Waals surface area contributed by atoms with Gasteiger partial charge in [0, 0.05) is 16.5 Å². The molecule has 0 atom stereocenters. The Morgan fingerprint density at radius 2 is 1.34 bits per heavy atom. The number of allylic oxidation sites excluding steroid dienone is 3. The molecule has 38 heavy (non-hydrogen) atoms. The lowest BCUT2D eigenvalue weighted by Crippen LogP contribution is -1.94. The van der Waals surface area contributed by atoms with Crippen LogP contribution < -0.4 is 0 Å². The van der Waals surface area contributed by atoms with Crippen molar-refractivity contribution in [3.8, 4) is 16.8 Å². The van der Waals surface area contributed by atoms with Crippen LogP contribution in [0.15, 0.2) is 140 Å². The van der Waals surface area contributed by atoms with Gasteiger partial charge in [-0.2, -0.15) is 0 Å². The standard InChI is InChI=1S/C37H27N/c1-3-25(4-2)26-16-20-30(21-17-26)38-35-23-19-28-11-6-8-14-33(28)37(35)34-22-18-29(24-36(34)38)32-15-9-12-27-10-5-7-13-31(27)32/h3-24H,1H2,2H3/b25-4+. The molecule has 0 amide bonds. The van der Waals surface area contributed by atoms with E-state index in [0.29, 0.717) is 0 Å². The summed E-state index contributed by atoms with van der Waals surface area (Å²) in [7, 11) is 0. The van der Waals surface area contributed by atoms with E-state index in [1.807, 2.05) is 6.08 Å². The fourth-order valence-corrected chi connectivity index (χ4v) is 5.92. The second-order valence-electron chi connectivity index (χ2n) is 9.77. The first-order valence-corrected chi connectivity index (χ1v) is 13.1. The fraction of sp³-hybridized carbons (Fsp3) is 0.0270. The van der Waals surface area contributed by atoms with Crippen molar-refractivity contribution in [1.29, 1.82) is 0 Å². The van der Waals surface area contributed by atoms with Crippen molar-refractivity contribution in [3.63, 3.8) is 0 Å². The molecule has 1 heteroatoms. The average molecular weight is 486 g/mol. The van der Waals surface area contributed by atoms with Gasteiger partial charge in [0.1, 0.15) is 0 Å². The van der Waals surface area contributed by atoms with Gasteiger partial charge in [-0.1, -0.05) is 116 Å². The molecule has 6 aromatic carbocycles. The van der Waals surface area contributed by atoms with Crippen molar-refractivity contribution in [2.45, 2.75) is 6.92 Å². The summed E-state index contributed by atoms with van der Waals surface area (Å²) in [6.07, 6.45) is 4.02. The highest BCUT2D eigenvalue weighted by molar-refractivity contribution is 6.21. The quantitative estimate of drug-likeness (QED) is 0.219. The summed E-state index contributed by atoms with van der Waals surface area (Å²) in [5.41, 5.74) is 8.38. The van der Waals surface area contributed by atoms with E-state index in [1.165, 1.54) is 60.0 Å². The number of fused-ring (bicyclic) bond motifs is 6. The minimum atomic E-state index is 1.14. The number of hydrogen-bond acceptors (Lipinski definition) is 0. The SMILES string of the molecule is C=C/C(=C\C)c1ccc(-n2c3cc(-c4cccc5ccccc45)ccc3c3c4ccccc4ccc32)cc1. The summed E-state index contributed by atoms with van der Waals surface area (Å²) in [4.78, 5) is 0. The van der Waals surface area contributed by atoms with Crippen LogP contribution in [0, 0.1) is 0 Å². The predicted molar refractivity (Wildman–Crippen MR) is 165 cm³/mol. The average Bonchev–Trinajstić information content (AvgIpc) is 3.32. The van der Waals surface area contributed by atoms with Crippen LogP contribution in [0.5, 0.6) is 0 Å². The summed E-state index contributed by atoms with van der Waals surface area (Å²) in [6.45, 7) is 6.03. The van der Waals surface area contributed by atoms with E-state index in [9.17, 15) is 0 Å². The van der Waals surface area contributed by atoms with E-state index in [4.69, 9.17) is 0 Å². The number of rotatable bonds is 4. The van der Waals surface area contributed by atoms with Crippen molar-refractivity contribution in [3.05, 3.63) is 146 Å². The van der Waals surface area contributed by atoms with Gasteiger partial charge in [-0.25, -0.2) is 0 Å². The molecule has 0 N–H and O–H groups in total. The van der Waals surface area contributed by atoms with E-state index in [1.54, 1.807) is 0 Å². The molecule has 1 aromatic heterocycles. The van der Waals surface area contributed by atoms with Gasteiger partial charge in [0.25, 0.3) is 0 Å². The molecule has 0 fully saturated rings. The largest absolute Gasteiger partial charge is 0.309 e. The van der Waals surface area contributed by atoms with Crippen LogP contribution in [-0.2, 0) is 0 Å². The van der Waals surface area contributed by atoms with Crippen molar-refractivity contribution in [1.82, 2.24) is 4.57 Å². The van der Waals surface area contributed by atoms with Crippen molar-refractivity contribution >= 4 is 48.9 Å². The van der Waals surface area contributed by atoms with Gasteiger partial charge in [-0.3, -0.25) is 0 Å². The number of aromatic nitrogens is 1. The summed E-state index contributed by atoms with van der Waals surface area (Å²) in [6, 6.07) is 44.2. The van der Waals surface area contributed by atoms with Crippen molar-refractivity contribution in [2.24, 2.45) is 0 Å². The first kappa shape index (κ1) is 22.3. The number of hydrogen-bond donors (Lipinski definition) is 0. The third-order valence-electron chi connectivity index (χ3n) is 7.75. The smallest absolute Gasteiger partial charge is 0.0547 e. The maximum Gasteiger partial charge on any atom is 0.0547 e. The first-order valence-electron chi connectivity index (χ1n) is 13.1. The van der Waals surface area contributed by atoms with Gasteiger partial charge >= 0.3 is 0 Å². The number of nitrogens with zero attached hydrogens (tertiary/aromatic N) is 1. The molecule has 0 saturated carbocycles. The van der Waals surface area contributed by atoms with Gasteiger partial charge in [-0.05, 0) is 75.0 Å². The minimum absolute atomic E-state index is 1.14. The molecule has 0 spiro atoms. The van der Waals surface area contributed by atoms with Crippen molar-refractivity contribution < 1.29 is 0 Å². The Kier molecular flexibility index (Phi) is 5.23. The monoisotopic (exact) mass is 485 g/mol. The van der Waals surface area contributed by atoms with Crippen molar-refractivity contribution in [2.75, 3.05) is 0 Å². The molecule has 1 heterocycles. The topological polar surface area (TPSA) is 4.93 Å². The molecule has 0 unspecified atom stereocenters. The van der Waals surface area contributed by atoms with Crippen LogP contribution in [0.1, 0.15) is 12.5 Å². The highest BCUT2D eigenvalue weighted by atomic mass is 15.0. The Morgan fingerprint density at radius 3 is 2.11 bits per heavy atom. The van der Waals surface area contributed by atoms with E-state index in [-0.39, 0.29) is 0 Å². The molecule has 0 aliphatic carbocycles. The lowest BCUT2D eigenvalue weighted by atomic mass is 9.97. The zero-order chi connectivity index (χ0) is 25.6. The van der Waals surface area contributed by atoms with Crippen LogP contribution >= 0.6 is 0 Å². The third-order valence-corrected chi connectivity index (χ3v) is 7.75. The fourth-order valence-electron chi connectivity index (χ4n) is 5.92. The van der Waals surface area contributed by atoms with E-state index in [2.05, 4.69) is 145 Å². The molecular formula is C37H27N. The molecule has 180 valence electrons. The highest BCUT2D eigenvalue weighted by Crippen LogP contribution is 2.39. The summed E-state index contributed by atoms with van der Waals surface area (Å²) in [5, 5.41) is 7.64. The highest BCUT2D eigenvalue weighted by Gasteiger charge is 2.16. The molecule has 0 aliphatic rings. The van der Waals surface area contributed by atoms with Crippen LogP contribution in [0.2, 0.25) is 0 Å². The first-order chi connectivity index (χ1) is 18.8. The second-order valence-corrected chi connectivity index (χ2v) is 9.77. The predicted octanol–water partition coefficient (Wildman–Crippen LogP) is 10.3. The molecule has 7 rings (SSSR count). The Labute approximate surface area is 222 Å². The molecule has 1 nitrogen and oxygen atoms in total. The van der Waals surface area contributed by atoms with Gasteiger partial charge in [0.05, 0.1) is 11.0 Å². The second kappa shape index (κ2) is 8.90. The van der Waals surface area contributed by atoms with Gasteiger partial charge in [0.15, 0.2) is 0 Å². The minimum Gasteiger partial charge on any atom is -0.309 e. The lowest BCUT2D eigenvalue weighted by Gasteiger charge is -2.11. The van der Waals surface area contributed by atoms with E-state index < -0.39 is 0 Å². The zero-order valence-electron chi connectivity index (χ0n) is 21.4. The molecule has 7 aromatic rings. The van der Waals surface area contributed by atoms with Crippen LogP contribution in [-0.4, -0.2) is 4.57 Å². The molecule has 0 aliphatic heterocycles. The number of benzene rings is 6. The van der Waals surface area contributed by atoms with E-state index >= 15 is 0 Å². The summed E-state index contributed by atoms with van der Waals surface area (Å²) in [5.74, 6) is 0. The Morgan fingerprint density at radius 1 is 0.632 bits per heavy atom. The summed E-state index contributed by atoms with van der Waals surface area (Å²) < 4.78 is 2.42. The maximum atomic E-state index is 3.98. The van der Waals surface area contributed by atoms with Crippen LogP contribution in [0.3, 0.4) is 0 Å². The summed E-state index contributed by atoms with van der Waals surface area (Å²) >= 11 is 0. The zero-order valence-corrected chi connectivity index (χ0v) is 21.4. The maximum absolute atomic E-state index is 3.98. The Balaban J connectivity index is 1.55. The normalized spacial score (nSPS) is 12.1. The van der Waals surface area contributed by atoms with Crippen LogP contribution in [0.4, 0.5) is 0 Å². The Hall–Kier alpha value is -4.88. The van der Waals surface area contributed by atoms with Gasteiger partial charge in [0.2, 0.25) is 0 Å². The molecule has 0 saturated heterocycles. The lowest BCUT2D eigenvalue weighted by molar-refractivity contribution is 1.18. The van der Waals surface area contributed by atoms with Crippen LogP contribution in [0.25, 0.3) is 65.7 Å². The molecule has 0 radical (unpaired) electrons. The third kappa shape index (κ3) is 3.40. The van der Waals surface area contributed by atoms with Gasteiger partial charge in [-0.15, -0.1) is 0 Å². The molecular weight excluding hydrogens is 458 g/mol. The van der Waals surface area contributed by atoms with E-state index in [0.717, 1.165) is 11.3 Å². The van der Waals surface area contributed by atoms with Gasteiger partial charge < -0.3 is 4.57 Å². The molecule has 0 bridgehead atoms. The Bertz CT molecular complexity index is 2030.